The Kier molecular flexibility index (Phi) is 4.44. The van der Waals surface area contributed by atoms with Crippen LogP contribution in [0.2, 0.25) is 5.02 Å². The zero-order valence-electron chi connectivity index (χ0n) is 12.8. The molecule has 0 saturated heterocycles. The molecule has 1 atom stereocenters. The molecular formula is C16H16ClNO5S. The van der Waals surface area contributed by atoms with Gasteiger partial charge in [0.15, 0.2) is 11.5 Å². The first-order valence-corrected chi connectivity index (χ1v) is 9.02. The standard InChI is InChI=1S/C16H16ClNO5S/c1-16(19,11-5-6-14-15(7-11)23-10-22-14)9-18-24(20,21)13-4-2-3-12(17)8-13/h2-8,18-19H,9-10H2,1H3. The molecule has 3 rings (SSSR count). The lowest BCUT2D eigenvalue weighted by atomic mass is 9.96. The number of nitrogens with one attached hydrogen (secondary N) is 1. The topological polar surface area (TPSA) is 84.9 Å². The van der Waals surface area contributed by atoms with E-state index in [1.807, 2.05) is 0 Å². The van der Waals surface area contributed by atoms with Gasteiger partial charge in [-0.15, -0.1) is 0 Å². The molecule has 0 fully saturated rings. The van der Waals surface area contributed by atoms with E-state index in [1.165, 1.54) is 19.1 Å². The molecule has 8 heteroatoms. The summed E-state index contributed by atoms with van der Waals surface area (Å²) >= 11 is 5.82. The SMILES string of the molecule is CC(O)(CNS(=O)(=O)c1cccc(Cl)c1)c1ccc2c(c1)OCO2. The minimum atomic E-state index is -3.79. The van der Waals surface area contributed by atoms with Crippen molar-refractivity contribution in [1.82, 2.24) is 4.72 Å². The van der Waals surface area contributed by atoms with Gasteiger partial charge in [0, 0.05) is 11.6 Å². The van der Waals surface area contributed by atoms with Gasteiger partial charge in [-0.3, -0.25) is 0 Å². The lowest BCUT2D eigenvalue weighted by Gasteiger charge is -2.24. The minimum Gasteiger partial charge on any atom is -0.454 e. The average molecular weight is 370 g/mol. The van der Waals surface area contributed by atoms with Gasteiger partial charge in [-0.2, -0.15) is 0 Å². The van der Waals surface area contributed by atoms with Crippen molar-refractivity contribution >= 4 is 21.6 Å². The second-order valence-corrected chi connectivity index (χ2v) is 7.83. The Morgan fingerprint density at radius 2 is 1.96 bits per heavy atom. The van der Waals surface area contributed by atoms with Crippen molar-refractivity contribution in [3.05, 3.63) is 53.1 Å². The van der Waals surface area contributed by atoms with E-state index in [0.717, 1.165) is 0 Å². The first-order chi connectivity index (χ1) is 11.3. The Morgan fingerprint density at radius 1 is 1.21 bits per heavy atom. The second-order valence-electron chi connectivity index (χ2n) is 5.62. The average Bonchev–Trinajstić information content (AvgIpc) is 3.01. The van der Waals surface area contributed by atoms with Gasteiger partial charge in [-0.25, -0.2) is 13.1 Å². The first kappa shape index (κ1) is 17.0. The summed E-state index contributed by atoms with van der Waals surface area (Å²) in [6.45, 7) is 1.44. The highest BCUT2D eigenvalue weighted by Crippen LogP contribution is 2.35. The summed E-state index contributed by atoms with van der Waals surface area (Å²) in [6.07, 6.45) is 0. The molecule has 1 aliphatic heterocycles. The van der Waals surface area contributed by atoms with Crippen LogP contribution in [0, 0.1) is 0 Å². The van der Waals surface area contributed by atoms with Gasteiger partial charge in [0.2, 0.25) is 16.8 Å². The fraction of sp³-hybridized carbons (Fsp3) is 0.250. The van der Waals surface area contributed by atoms with Crippen LogP contribution in [-0.4, -0.2) is 26.9 Å². The molecule has 0 aliphatic carbocycles. The lowest BCUT2D eigenvalue weighted by Crippen LogP contribution is -2.38. The summed E-state index contributed by atoms with van der Waals surface area (Å²) in [6, 6.07) is 10.9. The molecule has 2 N–H and O–H groups in total. The smallest absolute Gasteiger partial charge is 0.240 e. The van der Waals surface area contributed by atoms with Crippen molar-refractivity contribution in [3.8, 4) is 11.5 Å². The van der Waals surface area contributed by atoms with Crippen molar-refractivity contribution in [2.45, 2.75) is 17.4 Å². The molecule has 24 heavy (non-hydrogen) atoms. The van der Waals surface area contributed by atoms with E-state index in [2.05, 4.69) is 4.72 Å². The summed E-state index contributed by atoms with van der Waals surface area (Å²) in [7, 11) is -3.79. The molecule has 1 heterocycles. The van der Waals surface area contributed by atoms with Crippen molar-refractivity contribution in [2.75, 3.05) is 13.3 Å². The van der Waals surface area contributed by atoms with Crippen LogP contribution in [0.4, 0.5) is 0 Å². The summed E-state index contributed by atoms with van der Waals surface area (Å²) in [5, 5.41) is 11.0. The highest BCUT2D eigenvalue weighted by molar-refractivity contribution is 7.89. The summed E-state index contributed by atoms with van der Waals surface area (Å²) in [5.41, 5.74) is -0.910. The third kappa shape index (κ3) is 3.49. The van der Waals surface area contributed by atoms with Crippen LogP contribution >= 0.6 is 11.6 Å². The van der Waals surface area contributed by atoms with Crippen molar-refractivity contribution in [1.29, 1.82) is 0 Å². The molecule has 1 aliphatic rings. The van der Waals surface area contributed by atoms with Gasteiger partial charge in [0.1, 0.15) is 5.60 Å². The molecule has 0 spiro atoms. The predicted molar refractivity (Wildman–Crippen MR) is 88.8 cm³/mol. The van der Waals surface area contributed by atoms with Crippen LogP contribution in [0.15, 0.2) is 47.4 Å². The van der Waals surface area contributed by atoms with Crippen molar-refractivity contribution in [2.24, 2.45) is 0 Å². The first-order valence-electron chi connectivity index (χ1n) is 7.16. The zero-order valence-corrected chi connectivity index (χ0v) is 14.4. The van der Waals surface area contributed by atoms with Crippen LogP contribution in [0.1, 0.15) is 12.5 Å². The highest BCUT2D eigenvalue weighted by Gasteiger charge is 2.28. The van der Waals surface area contributed by atoms with Crippen molar-refractivity contribution in [3.63, 3.8) is 0 Å². The third-order valence-corrected chi connectivity index (χ3v) is 5.34. The molecule has 128 valence electrons. The number of aliphatic hydroxyl groups is 1. The maximum absolute atomic E-state index is 12.3. The number of hydrogen-bond acceptors (Lipinski definition) is 5. The van der Waals surface area contributed by atoms with Crippen LogP contribution in [-0.2, 0) is 15.6 Å². The fourth-order valence-corrected chi connectivity index (χ4v) is 3.72. The molecule has 6 nitrogen and oxygen atoms in total. The van der Waals surface area contributed by atoms with E-state index in [0.29, 0.717) is 22.1 Å². The summed E-state index contributed by atoms with van der Waals surface area (Å²) in [5.74, 6) is 1.11. The van der Waals surface area contributed by atoms with Gasteiger partial charge >= 0.3 is 0 Å². The van der Waals surface area contributed by atoms with Crippen LogP contribution in [0.25, 0.3) is 0 Å². The molecule has 0 radical (unpaired) electrons. The molecule has 0 bridgehead atoms. The Bertz CT molecular complexity index is 867. The molecule has 0 saturated carbocycles. The van der Waals surface area contributed by atoms with E-state index in [-0.39, 0.29) is 18.2 Å². The predicted octanol–water partition coefficient (Wildman–Crippen LogP) is 2.25. The molecular weight excluding hydrogens is 354 g/mol. The van der Waals surface area contributed by atoms with Crippen molar-refractivity contribution < 1.29 is 23.0 Å². The number of rotatable bonds is 5. The lowest BCUT2D eigenvalue weighted by molar-refractivity contribution is 0.0625. The Hall–Kier alpha value is -1.80. The number of halogens is 1. The van der Waals surface area contributed by atoms with Crippen LogP contribution in [0.5, 0.6) is 11.5 Å². The zero-order chi connectivity index (χ0) is 17.4. The van der Waals surface area contributed by atoms with Crippen LogP contribution < -0.4 is 14.2 Å². The Morgan fingerprint density at radius 3 is 2.71 bits per heavy atom. The van der Waals surface area contributed by atoms with E-state index in [9.17, 15) is 13.5 Å². The van der Waals surface area contributed by atoms with E-state index in [4.69, 9.17) is 21.1 Å². The van der Waals surface area contributed by atoms with Gasteiger partial charge in [-0.05, 0) is 42.8 Å². The molecule has 2 aromatic rings. The Balaban J connectivity index is 1.77. The van der Waals surface area contributed by atoms with Gasteiger partial charge in [0.25, 0.3) is 0 Å². The van der Waals surface area contributed by atoms with Crippen LogP contribution in [0.3, 0.4) is 0 Å². The van der Waals surface area contributed by atoms with Gasteiger partial charge in [0.05, 0.1) is 4.90 Å². The van der Waals surface area contributed by atoms with E-state index in [1.54, 1.807) is 30.3 Å². The number of ether oxygens (including phenoxy) is 2. The second kappa shape index (κ2) is 6.25. The maximum Gasteiger partial charge on any atom is 0.240 e. The van der Waals surface area contributed by atoms with Gasteiger partial charge < -0.3 is 14.6 Å². The molecule has 0 amide bonds. The maximum atomic E-state index is 12.3. The fourth-order valence-electron chi connectivity index (χ4n) is 2.29. The largest absolute Gasteiger partial charge is 0.454 e. The molecule has 2 aromatic carbocycles. The monoisotopic (exact) mass is 369 g/mol. The third-order valence-electron chi connectivity index (χ3n) is 3.71. The quantitative estimate of drug-likeness (QED) is 0.844. The highest BCUT2D eigenvalue weighted by atomic mass is 35.5. The minimum absolute atomic E-state index is 0.0384. The molecule has 1 unspecified atom stereocenters. The summed E-state index contributed by atoms with van der Waals surface area (Å²) < 4.78 is 37.5. The number of fused-ring (bicyclic) bond motifs is 1. The van der Waals surface area contributed by atoms with E-state index >= 15 is 0 Å². The number of hydrogen-bond donors (Lipinski definition) is 2. The number of benzene rings is 2. The number of sulfonamides is 1. The Labute approximate surface area is 145 Å². The molecule has 0 aromatic heterocycles. The summed E-state index contributed by atoms with van der Waals surface area (Å²) in [4.78, 5) is 0.0384. The van der Waals surface area contributed by atoms with E-state index < -0.39 is 15.6 Å². The van der Waals surface area contributed by atoms with Gasteiger partial charge in [-0.1, -0.05) is 23.7 Å². The normalized spacial score (nSPS) is 16.0.